The van der Waals surface area contributed by atoms with Crippen molar-refractivity contribution in [1.82, 2.24) is 0 Å². The largest absolute Gasteiger partial charge is 0.381 e. The molecular formula is C6H13FNO+. The number of rotatable bonds is 1. The molecule has 0 aromatic carbocycles. The van der Waals surface area contributed by atoms with Crippen LogP contribution in [0.5, 0.6) is 0 Å². The van der Waals surface area contributed by atoms with E-state index in [1.165, 1.54) is 0 Å². The molecule has 3 heteroatoms. The minimum Gasteiger partial charge on any atom is -0.381 e. The lowest BCUT2D eigenvalue weighted by Crippen LogP contribution is -2.61. The van der Waals surface area contributed by atoms with Crippen LogP contribution in [-0.4, -0.2) is 25.4 Å². The molecule has 0 aliphatic carbocycles. The van der Waals surface area contributed by atoms with Crippen molar-refractivity contribution in [3.05, 3.63) is 0 Å². The Balaban J connectivity index is 2.37. The Labute approximate surface area is 54.2 Å². The van der Waals surface area contributed by atoms with Gasteiger partial charge in [0.1, 0.15) is 6.54 Å². The monoisotopic (exact) mass is 134 g/mol. The van der Waals surface area contributed by atoms with Crippen LogP contribution in [0.4, 0.5) is 4.39 Å². The van der Waals surface area contributed by atoms with Gasteiger partial charge in [0.2, 0.25) is 0 Å². The Morgan fingerprint density at radius 1 is 1.44 bits per heavy atom. The number of halogens is 1. The van der Waals surface area contributed by atoms with E-state index < -0.39 is 5.67 Å². The van der Waals surface area contributed by atoms with Crippen LogP contribution < -0.4 is 5.73 Å². The van der Waals surface area contributed by atoms with Crippen molar-refractivity contribution in [1.29, 1.82) is 0 Å². The summed E-state index contributed by atoms with van der Waals surface area (Å²) in [4.78, 5) is 0. The highest BCUT2D eigenvalue weighted by Gasteiger charge is 2.32. The minimum absolute atomic E-state index is 0.385. The average Bonchev–Trinajstić information content (AvgIpc) is 1.90. The van der Waals surface area contributed by atoms with Crippen LogP contribution in [0.2, 0.25) is 0 Å². The highest BCUT2D eigenvalue weighted by molar-refractivity contribution is 4.79. The number of quaternary nitrogens is 1. The van der Waals surface area contributed by atoms with Crippen molar-refractivity contribution >= 4 is 0 Å². The molecule has 0 unspecified atom stereocenters. The zero-order valence-electron chi connectivity index (χ0n) is 5.53. The van der Waals surface area contributed by atoms with E-state index in [0.717, 1.165) is 0 Å². The van der Waals surface area contributed by atoms with Gasteiger partial charge in [0.05, 0.1) is 0 Å². The van der Waals surface area contributed by atoms with E-state index in [1.54, 1.807) is 0 Å². The van der Waals surface area contributed by atoms with Gasteiger partial charge in [-0.3, -0.25) is 0 Å². The molecule has 0 aromatic heterocycles. The molecule has 0 amide bonds. The van der Waals surface area contributed by atoms with Crippen molar-refractivity contribution in [3.63, 3.8) is 0 Å². The standard InChI is InChI=1S/C6H12FNO/c7-6(5-8)1-3-9-4-2-6/h1-5,8H2/p+1. The number of hydrogen-bond acceptors (Lipinski definition) is 1. The molecule has 1 aliphatic heterocycles. The van der Waals surface area contributed by atoms with Crippen LogP contribution in [0.15, 0.2) is 0 Å². The Kier molecular flexibility index (Phi) is 2.03. The van der Waals surface area contributed by atoms with E-state index in [0.29, 0.717) is 32.6 Å². The van der Waals surface area contributed by atoms with Gasteiger partial charge in [-0.15, -0.1) is 0 Å². The second-order valence-electron chi connectivity index (χ2n) is 2.51. The predicted molar refractivity (Wildman–Crippen MR) is 31.6 cm³/mol. The van der Waals surface area contributed by atoms with Gasteiger partial charge in [-0.1, -0.05) is 0 Å². The zero-order chi connectivity index (χ0) is 6.74. The van der Waals surface area contributed by atoms with Gasteiger partial charge >= 0.3 is 0 Å². The minimum atomic E-state index is -1.02. The molecule has 3 N–H and O–H groups in total. The molecule has 0 radical (unpaired) electrons. The van der Waals surface area contributed by atoms with Gasteiger partial charge in [0.25, 0.3) is 0 Å². The highest BCUT2D eigenvalue weighted by atomic mass is 19.1. The summed E-state index contributed by atoms with van der Waals surface area (Å²) < 4.78 is 18.2. The number of ether oxygens (including phenoxy) is 1. The third kappa shape index (κ3) is 1.63. The maximum Gasteiger partial charge on any atom is 0.163 e. The molecule has 0 bridgehead atoms. The van der Waals surface area contributed by atoms with Gasteiger partial charge in [-0.2, -0.15) is 0 Å². The summed E-state index contributed by atoms with van der Waals surface area (Å²) in [5, 5.41) is 0. The van der Waals surface area contributed by atoms with E-state index in [-0.39, 0.29) is 0 Å². The first-order valence-electron chi connectivity index (χ1n) is 3.33. The summed E-state index contributed by atoms with van der Waals surface area (Å²) in [6.45, 7) is 1.51. The molecule has 1 fully saturated rings. The van der Waals surface area contributed by atoms with Gasteiger partial charge in [-0.25, -0.2) is 4.39 Å². The first-order chi connectivity index (χ1) is 4.27. The molecule has 1 rings (SSSR count). The Morgan fingerprint density at radius 3 is 2.33 bits per heavy atom. The van der Waals surface area contributed by atoms with E-state index >= 15 is 0 Å². The predicted octanol–water partition coefficient (Wildman–Crippen LogP) is -0.253. The van der Waals surface area contributed by atoms with Gasteiger partial charge in [0.15, 0.2) is 5.67 Å². The molecule has 0 spiro atoms. The second-order valence-corrected chi connectivity index (χ2v) is 2.51. The van der Waals surface area contributed by atoms with Crippen LogP contribution in [-0.2, 0) is 4.74 Å². The number of hydrogen-bond donors (Lipinski definition) is 1. The third-order valence-electron chi connectivity index (χ3n) is 1.84. The summed E-state index contributed by atoms with van der Waals surface area (Å²) in [7, 11) is 0. The lowest BCUT2D eigenvalue weighted by Gasteiger charge is -2.25. The summed E-state index contributed by atoms with van der Waals surface area (Å²) in [6, 6.07) is 0. The lowest BCUT2D eigenvalue weighted by molar-refractivity contribution is -0.396. The first kappa shape index (κ1) is 6.96. The quantitative estimate of drug-likeness (QED) is 0.527. The van der Waals surface area contributed by atoms with Gasteiger partial charge < -0.3 is 10.5 Å². The number of alkyl halides is 1. The topological polar surface area (TPSA) is 36.9 Å². The second kappa shape index (κ2) is 2.62. The smallest absolute Gasteiger partial charge is 0.163 e. The van der Waals surface area contributed by atoms with Crippen LogP contribution in [0.25, 0.3) is 0 Å². The zero-order valence-corrected chi connectivity index (χ0v) is 5.53. The Hall–Kier alpha value is -0.150. The lowest BCUT2D eigenvalue weighted by atomic mass is 9.97. The fraction of sp³-hybridized carbons (Fsp3) is 1.00. The van der Waals surface area contributed by atoms with E-state index in [9.17, 15) is 4.39 Å². The molecule has 54 valence electrons. The maximum absolute atomic E-state index is 13.2. The average molecular weight is 134 g/mol. The molecule has 0 aromatic rings. The first-order valence-corrected chi connectivity index (χ1v) is 3.33. The summed E-state index contributed by atoms with van der Waals surface area (Å²) in [6.07, 6.45) is 1.05. The molecule has 2 nitrogen and oxygen atoms in total. The molecular weight excluding hydrogens is 121 g/mol. The van der Waals surface area contributed by atoms with Crippen LogP contribution in [0.3, 0.4) is 0 Å². The van der Waals surface area contributed by atoms with E-state index in [2.05, 4.69) is 5.73 Å². The van der Waals surface area contributed by atoms with Crippen molar-refractivity contribution in [2.75, 3.05) is 19.8 Å². The van der Waals surface area contributed by atoms with Crippen molar-refractivity contribution in [2.24, 2.45) is 0 Å². The van der Waals surface area contributed by atoms with Crippen molar-refractivity contribution in [3.8, 4) is 0 Å². The SMILES string of the molecule is [NH3+]CC1(F)CCOCC1. The molecule has 1 saturated heterocycles. The summed E-state index contributed by atoms with van der Waals surface area (Å²) in [5.41, 5.74) is 2.53. The fourth-order valence-corrected chi connectivity index (χ4v) is 0.987. The van der Waals surface area contributed by atoms with Crippen LogP contribution >= 0.6 is 0 Å². The van der Waals surface area contributed by atoms with Gasteiger partial charge in [-0.05, 0) is 0 Å². The Bertz CT molecular complexity index is 91.1. The van der Waals surface area contributed by atoms with Crippen molar-refractivity contribution in [2.45, 2.75) is 18.5 Å². The molecule has 9 heavy (non-hydrogen) atoms. The normalized spacial score (nSPS) is 26.0. The van der Waals surface area contributed by atoms with E-state index in [1.807, 2.05) is 0 Å². The van der Waals surface area contributed by atoms with Gasteiger partial charge in [0, 0.05) is 26.1 Å². The van der Waals surface area contributed by atoms with Crippen molar-refractivity contribution < 1.29 is 14.9 Å². The Morgan fingerprint density at radius 2 is 2.00 bits per heavy atom. The van der Waals surface area contributed by atoms with Crippen LogP contribution in [0, 0.1) is 0 Å². The molecule has 0 atom stereocenters. The van der Waals surface area contributed by atoms with E-state index in [4.69, 9.17) is 4.74 Å². The molecule has 0 saturated carbocycles. The third-order valence-corrected chi connectivity index (χ3v) is 1.84. The van der Waals surface area contributed by atoms with Crippen LogP contribution in [0.1, 0.15) is 12.8 Å². The molecule has 1 aliphatic rings. The summed E-state index contributed by atoms with van der Waals surface area (Å²) >= 11 is 0. The highest BCUT2D eigenvalue weighted by Crippen LogP contribution is 2.22. The molecule has 1 heterocycles. The maximum atomic E-state index is 13.2. The fourth-order valence-electron chi connectivity index (χ4n) is 0.987. The summed E-state index contributed by atoms with van der Waals surface area (Å²) in [5.74, 6) is 0.